The minimum absolute atomic E-state index is 0.254. The van der Waals surface area contributed by atoms with Gasteiger partial charge in [0.1, 0.15) is 6.29 Å². The van der Waals surface area contributed by atoms with Crippen LogP contribution in [0.4, 0.5) is 5.69 Å². The van der Waals surface area contributed by atoms with Crippen LogP contribution in [0.15, 0.2) is 24.3 Å². The van der Waals surface area contributed by atoms with Gasteiger partial charge in [-0.3, -0.25) is 9.59 Å². The van der Waals surface area contributed by atoms with E-state index in [2.05, 4.69) is 0 Å². The van der Waals surface area contributed by atoms with E-state index >= 15 is 0 Å². The summed E-state index contributed by atoms with van der Waals surface area (Å²) in [5, 5.41) is 8.71. The molecule has 1 saturated heterocycles. The van der Waals surface area contributed by atoms with Gasteiger partial charge in [0.15, 0.2) is 0 Å². The van der Waals surface area contributed by atoms with Crippen LogP contribution in [0.2, 0.25) is 0 Å². The topological polar surface area (TPSA) is 57.6 Å². The number of anilines is 1. The molecule has 1 aliphatic rings. The second kappa shape index (κ2) is 3.73. The summed E-state index contributed by atoms with van der Waals surface area (Å²) in [6, 6.07) is 7.14. The molecule has 0 aromatic heterocycles. The Balaban J connectivity index is 2.01. The summed E-state index contributed by atoms with van der Waals surface area (Å²) in [6.45, 7) is 1.10. The van der Waals surface area contributed by atoms with Gasteiger partial charge < -0.3 is 10.0 Å². The van der Waals surface area contributed by atoms with Crippen LogP contribution in [0.25, 0.3) is 0 Å². The molecule has 1 N–H and O–H groups in total. The van der Waals surface area contributed by atoms with E-state index in [1.165, 1.54) is 0 Å². The number of aliphatic carboxylic acids is 1. The van der Waals surface area contributed by atoms with Crippen molar-refractivity contribution < 1.29 is 14.7 Å². The van der Waals surface area contributed by atoms with Gasteiger partial charge in [-0.1, -0.05) is 0 Å². The molecule has 1 heterocycles. The van der Waals surface area contributed by atoms with Crippen molar-refractivity contribution in [2.75, 3.05) is 18.0 Å². The van der Waals surface area contributed by atoms with Gasteiger partial charge in [-0.2, -0.15) is 0 Å². The summed E-state index contributed by atoms with van der Waals surface area (Å²) in [6.07, 6.45) is 0.792. The average Bonchev–Trinajstić information content (AvgIpc) is 2.16. The molecule has 0 unspecified atom stereocenters. The van der Waals surface area contributed by atoms with Crippen LogP contribution in [0, 0.1) is 5.92 Å². The number of nitrogens with zero attached hydrogens (tertiary/aromatic N) is 1. The second-order valence-electron chi connectivity index (χ2n) is 3.65. The standard InChI is InChI=1S/C11H11NO3/c13-7-8-1-3-10(4-2-8)12-5-9(6-12)11(14)15/h1-4,7,9H,5-6H2,(H,14,15). The lowest BCUT2D eigenvalue weighted by molar-refractivity contribution is -0.142. The highest BCUT2D eigenvalue weighted by molar-refractivity contribution is 5.77. The van der Waals surface area contributed by atoms with Crippen molar-refractivity contribution in [1.29, 1.82) is 0 Å². The molecule has 78 valence electrons. The van der Waals surface area contributed by atoms with Crippen LogP contribution in [-0.2, 0) is 4.79 Å². The van der Waals surface area contributed by atoms with E-state index in [1.807, 2.05) is 17.0 Å². The summed E-state index contributed by atoms with van der Waals surface area (Å²) in [4.78, 5) is 23.0. The number of rotatable bonds is 3. The maximum Gasteiger partial charge on any atom is 0.310 e. The van der Waals surface area contributed by atoms with Crippen molar-refractivity contribution in [2.24, 2.45) is 5.92 Å². The first-order chi connectivity index (χ1) is 7.20. The number of aldehydes is 1. The van der Waals surface area contributed by atoms with E-state index in [0.29, 0.717) is 18.7 Å². The first kappa shape index (κ1) is 9.71. The Labute approximate surface area is 87.1 Å². The van der Waals surface area contributed by atoms with E-state index in [1.54, 1.807) is 12.1 Å². The van der Waals surface area contributed by atoms with Gasteiger partial charge in [0.05, 0.1) is 5.92 Å². The third-order valence-corrected chi connectivity index (χ3v) is 2.63. The molecule has 1 aromatic carbocycles. The van der Waals surface area contributed by atoms with E-state index in [-0.39, 0.29) is 5.92 Å². The smallest absolute Gasteiger partial charge is 0.310 e. The molecule has 0 saturated carbocycles. The lowest BCUT2D eigenvalue weighted by atomic mass is 9.99. The van der Waals surface area contributed by atoms with Crippen LogP contribution in [-0.4, -0.2) is 30.5 Å². The van der Waals surface area contributed by atoms with Gasteiger partial charge in [-0.15, -0.1) is 0 Å². The Kier molecular flexibility index (Phi) is 2.41. The summed E-state index contributed by atoms with van der Waals surface area (Å²) >= 11 is 0. The van der Waals surface area contributed by atoms with Crippen molar-refractivity contribution in [3.05, 3.63) is 29.8 Å². The van der Waals surface area contributed by atoms with E-state index in [0.717, 1.165) is 12.0 Å². The highest BCUT2D eigenvalue weighted by Gasteiger charge is 2.32. The largest absolute Gasteiger partial charge is 0.481 e. The number of hydrogen-bond acceptors (Lipinski definition) is 3. The number of carboxylic acid groups (broad SMARTS) is 1. The minimum Gasteiger partial charge on any atom is -0.481 e. The van der Waals surface area contributed by atoms with Crippen LogP contribution in [0.1, 0.15) is 10.4 Å². The molecular formula is C11H11NO3. The normalized spacial score (nSPS) is 15.9. The second-order valence-corrected chi connectivity index (χ2v) is 3.65. The molecule has 0 spiro atoms. The van der Waals surface area contributed by atoms with Crippen LogP contribution in [0.5, 0.6) is 0 Å². The zero-order valence-corrected chi connectivity index (χ0v) is 8.09. The maximum atomic E-state index is 10.6. The van der Waals surface area contributed by atoms with Crippen molar-refractivity contribution in [1.82, 2.24) is 0 Å². The lowest BCUT2D eigenvalue weighted by Gasteiger charge is -2.38. The fourth-order valence-corrected chi connectivity index (χ4v) is 1.61. The zero-order valence-electron chi connectivity index (χ0n) is 8.09. The van der Waals surface area contributed by atoms with Crippen LogP contribution >= 0.6 is 0 Å². The number of carbonyl (C=O) groups is 2. The highest BCUT2D eigenvalue weighted by Crippen LogP contribution is 2.24. The monoisotopic (exact) mass is 205 g/mol. The number of carbonyl (C=O) groups excluding carboxylic acids is 1. The molecule has 15 heavy (non-hydrogen) atoms. The van der Waals surface area contributed by atoms with E-state index in [4.69, 9.17) is 5.11 Å². The Bertz CT molecular complexity index is 379. The zero-order chi connectivity index (χ0) is 10.8. The molecule has 2 rings (SSSR count). The quantitative estimate of drug-likeness (QED) is 0.748. The minimum atomic E-state index is -0.740. The van der Waals surface area contributed by atoms with Gasteiger partial charge in [0.2, 0.25) is 0 Å². The van der Waals surface area contributed by atoms with E-state index in [9.17, 15) is 9.59 Å². The summed E-state index contributed by atoms with van der Waals surface area (Å²) in [5.41, 5.74) is 1.60. The van der Waals surface area contributed by atoms with Gasteiger partial charge in [0, 0.05) is 24.3 Å². The third kappa shape index (κ3) is 1.83. The van der Waals surface area contributed by atoms with Gasteiger partial charge in [-0.05, 0) is 24.3 Å². The van der Waals surface area contributed by atoms with Crippen molar-refractivity contribution in [3.63, 3.8) is 0 Å². The molecular weight excluding hydrogens is 194 g/mol. The van der Waals surface area contributed by atoms with Crippen molar-refractivity contribution >= 4 is 17.9 Å². The summed E-state index contributed by atoms with van der Waals surface area (Å²) in [5.74, 6) is -0.994. The first-order valence-electron chi connectivity index (χ1n) is 4.73. The molecule has 1 aromatic rings. The number of benzene rings is 1. The summed E-state index contributed by atoms with van der Waals surface area (Å²) in [7, 11) is 0. The van der Waals surface area contributed by atoms with Gasteiger partial charge >= 0.3 is 5.97 Å². The first-order valence-corrected chi connectivity index (χ1v) is 4.73. The molecule has 0 bridgehead atoms. The molecule has 4 nitrogen and oxygen atoms in total. The molecule has 0 atom stereocenters. The fraction of sp³-hybridized carbons (Fsp3) is 0.273. The summed E-state index contributed by atoms with van der Waals surface area (Å²) < 4.78 is 0. The van der Waals surface area contributed by atoms with Gasteiger partial charge in [-0.25, -0.2) is 0 Å². The van der Waals surface area contributed by atoms with Crippen LogP contribution < -0.4 is 4.90 Å². The predicted octanol–water partition coefficient (Wildman–Crippen LogP) is 1.02. The molecule has 0 amide bonds. The Morgan fingerprint density at radius 1 is 1.33 bits per heavy atom. The lowest BCUT2D eigenvalue weighted by Crippen LogP contribution is -2.50. The maximum absolute atomic E-state index is 10.6. The van der Waals surface area contributed by atoms with Gasteiger partial charge in [0.25, 0.3) is 0 Å². The van der Waals surface area contributed by atoms with E-state index < -0.39 is 5.97 Å². The molecule has 1 fully saturated rings. The van der Waals surface area contributed by atoms with Crippen molar-refractivity contribution in [3.8, 4) is 0 Å². The molecule has 0 aliphatic carbocycles. The van der Waals surface area contributed by atoms with Crippen molar-refractivity contribution in [2.45, 2.75) is 0 Å². The molecule has 0 radical (unpaired) electrons. The van der Waals surface area contributed by atoms with Crippen LogP contribution in [0.3, 0.4) is 0 Å². The molecule has 1 aliphatic heterocycles. The highest BCUT2D eigenvalue weighted by atomic mass is 16.4. The number of carboxylic acids is 1. The predicted molar refractivity (Wildman–Crippen MR) is 55.2 cm³/mol. The fourth-order valence-electron chi connectivity index (χ4n) is 1.61. The SMILES string of the molecule is O=Cc1ccc(N2CC(C(=O)O)C2)cc1. The average molecular weight is 205 g/mol. The Hall–Kier alpha value is -1.84. The Morgan fingerprint density at radius 2 is 1.93 bits per heavy atom. The third-order valence-electron chi connectivity index (χ3n) is 2.63. The number of hydrogen-bond donors (Lipinski definition) is 1. The molecule has 4 heteroatoms. The Morgan fingerprint density at radius 3 is 2.40 bits per heavy atom.